The van der Waals surface area contributed by atoms with E-state index in [9.17, 15) is 4.79 Å². The van der Waals surface area contributed by atoms with Crippen LogP contribution in [-0.4, -0.2) is 55.2 Å². The third-order valence-corrected chi connectivity index (χ3v) is 3.55. The zero-order valence-corrected chi connectivity index (χ0v) is 12.8. The van der Waals surface area contributed by atoms with Crippen molar-refractivity contribution in [3.8, 4) is 0 Å². The number of hydrogen-bond donors (Lipinski definition) is 0. The molecular weight excluding hydrogens is 240 g/mol. The Bertz CT molecular complexity index is 305. The number of hydrogen-bond acceptors (Lipinski definition) is 3. The number of carbonyl (C=O) groups is 1. The predicted octanol–water partition coefficient (Wildman–Crippen LogP) is 2.61. The van der Waals surface area contributed by atoms with Gasteiger partial charge in [0.25, 0.3) is 0 Å². The number of amides is 1. The molecule has 0 aliphatic carbocycles. The van der Waals surface area contributed by atoms with Crippen LogP contribution in [0.4, 0.5) is 4.79 Å². The van der Waals surface area contributed by atoms with Gasteiger partial charge >= 0.3 is 6.09 Å². The second-order valence-electron chi connectivity index (χ2n) is 6.01. The van der Waals surface area contributed by atoms with Gasteiger partial charge in [0.2, 0.25) is 0 Å². The van der Waals surface area contributed by atoms with Crippen molar-refractivity contribution >= 4 is 6.09 Å². The summed E-state index contributed by atoms with van der Waals surface area (Å²) in [6.07, 6.45) is 2.87. The SMILES string of the molecule is C=CCN(CC(C)C)C1CC(C)CN(C(=O)OC)C1. The van der Waals surface area contributed by atoms with Gasteiger partial charge in [-0.2, -0.15) is 0 Å². The van der Waals surface area contributed by atoms with E-state index in [2.05, 4.69) is 32.3 Å². The van der Waals surface area contributed by atoms with Crippen molar-refractivity contribution in [2.24, 2.45) is 11.8 Å². The first-order valence-electron chi connectivity index (χ1n) is 7.15. The van der Waals surface area contributed by atoms with E-state index >= 15 is 0 Å². The summed E-state index contributed by atoms with van der Waals surface area (Å²) in [5.41, 5.74) is 0. The first-order valence-corrected chi connectivity index (χ1v) is 7.15. The molecule has 1 rings (SSSR count). The molecule has 2 unspecified atom stereocenters. The molecule has 19 heavy (non-hydrogen) atoms. The lowest BCUT2D eigenvalue weighted by molar-refractivity contribution is 0.0580. The van der Waals surface area contributed by atoms with Gasteiger partial charge < -0.3 is 9.64 Å². The highest BCUT2D eigenvalue weighted by Gasteiger charge is 2.31. The molecule has 0 aromatic rings. The predicted molar refractivity (Wildman–Crippen MR) is 78.2 cm³/mol. The zero-order chi connectivity index (χ0) is 14.4. The van der Waals surface area contributed by atoms with Crippen molar-refractivity contribution < 1.29 is 9.53 Å². The molecular formula is C15H28N2O2. The maximum absolute atomic E-state index is 11.7. The van der Waals surface area contributed by atoms with Gasteiger partial charge in [-0.05, 0) is 18.3 Å². The van der Waals surface area contributed by atoms with Crippen molar-refractivity contribution in [1.29, 1.82) is 0 Å². The first kappa shape index (κ1) is 16.0. The number of likely N-dealkylation sites (tertiary alicyclic amines) is 1. The van der Waals surface area contributed by atoms with Gasteiger partial charge in [0, 0.05) is 32.2 Å². The first-order chi connectivity index (χ1) is 8.97. The molecule has 0 saturated carbocycles. The topological polar surface area (TPSA) is 32.8 Å². The van der Waals surface area contributed by atoms with Crippen LogP contribution >= 0.6 is 0 Å². The normalized spacial score (nSPS) is 23.8. The van der Waals surface area contributed by atoms with Crippen molar-refractivity contribution in [3.05, 3.63) is 12.7 Å². The average molecular weight is 268 g/mol. The molecule has 1 aliphatic heterocycles. The van der Waals surface area contributed by atoms with Gasteiger partial charge in [-0.15, -0.1) is 6.58 Å². The smallest absolute Gasteiger partial charge is 0.409 e. The molecule has 1 heterocycles. The fourth-order valence-electron chi connectivity index (χ4n) is 2.87. The molecule has 4 nitrogen and oxygen atoms in total. The maximum atomic E-state index is 11.7. The van der Waals surface area contributed by atoms with Crippen LogP contribution in [0.1, 0.15) is 27.2 Å². The average Bonchev–Trinajstić information content (AvgIpc) is 2.36. The minimum atomic E-state index is -0.209. The zero-order valence-electron chi connectivity index (χ0n) is 12.8. The Hall–Kier alpha value is -1.03. The molecule has 0 aromatic heterocycles. The lowest BCUT2D eigenvalue weighted by Crippen LogP contribution is -2.53. The number of methoxy groups -OCH3 is 1. The van der Waals surface area contributed by atoms with Crippen molar-refractivity contribution in [3.63, 3.8) is 0 Å². The molecule has 0 spiro atoms. The second kappa shape index (κ2) is 7.53. The summed E-state index contributed by atoms with van der Waals surface area (Å²) in [5, 5.41) is 0. The van der Waals surface area contributed by atoms with Crippen LogP contribution in [-0.2, 0) is 4.74 Å². The van der Waals surface area contributed by atoms with E-state index in [-0.39, 0.29) is 6.09 Å². The Balaban J connectivity index is 2.71. The number of carbonyl (C=O) groups excluding carboxylic acids is 1. The standard InChI is InChI=1S/C15H28N2O2/c1-6-7-16(9-12(2)3)14-8-13(4)10-17(11-14)15(18)19-5/h6,12-14H,1,7-11H2,2-5H3. The fraction of sp³-hybridized carbons (Fsp3) is 0.800. The molecule has 2 atom stereocenters. The third kappa shape index (κ3) is 4.86. The molecule has 0 N–H and O–H groups in total. The second-order valence-corrected chi connectivity index (χ2v) is 6.01. The maximum Gasteiger partial charge on any atom is 0.409 e. The summed E-state index contributed by atoms with van der Waals surface area (Å²) < 4.78 is 4.86. The minimum Gasteiger partial charge on any atom is -0.453 e. The van der Waals surface area contributed by atoms with Gasteiger partial charge in [-0.1, -0.05) is 26.8 Å². The van der Waals surface area contributed by atoms with Gasteiger partial charge in [0.05, 0.1) is 7.11 Å². The largest absolute Gasteiger partial charge is 0.453 e. The lowest BCUT2D eigenvalue weighted by Gasteiger charge is -2.41. The Kier molecular flexibility index (Phi) is 6.35. The Labute approximate surface area is 117 Å². The number of rotatable bonds is 5. The summed E-state index contributed by atoms with van der Waals surface area (Å²) in [7, 11) is 1.45. The molecule has 0 radical (unpaired) electrons. The number of ether oxygens (including phenoxy) is 1. The summed E-state index contributed by atoms with van der Waals surface area (Å²) in [6, 6.07) is 0.406. The van der Waals surface area contributed by atoms with Gasteiger partial charge in [-0.25, -0.2) is 4.79 Å². The van der Waals surface area contributed by atoms with E-state index in [0.29, 0.717) is 17.9 Å². The van der Waals surface area contributed by atoms with Crippen LogP contribution in [0.25, 0.3) is 0 Å². The van der Waals surface area contributed by atoms with E-state index in [1.165, 1.54) is 7.11 Å². The molecule has 1 fully saturated rings. The van der Waals surface area contributed by atoms with Crippen molar-refractivity contribution in [1.82, 2.24) is 9.80 Å². The summed E-state index contributed by atoms with van der Waals surface area (Å²) in [4.78, 5) is 16.0. The molecule has 1 aliphatic rings. The molecule has 110 valence electrons. The van der Waals surface area contributed by atoms with Crippen molar-refractivity contribution in [2.45, 2.75) is 33.2 Å². The van der Waals surface area contributed by atoms with Crippen LogP contribution in [0.3, 0.4) is 0 Å². The Morgan fingerprint density at radius 1 is 1.53 bits per heavy atom. The number of piperidine rings is 1. The van der Waals surface area contributed by atoms with Crippen LogP contribution in [0, 0.1) is 11.8 Å². The number of nitrogens with zero attached hydrogens (tertiary/aromatic N) is 2. The molecule has 4 heteroatoms. The highest BCUT2D eigenvalue weighted by Crippen LogP contribution is 2.22. The minimum absolute atomic E-state index is 0.209. The molecule has 0 aromatic carbocycles. The van der Waals surface area contributed by atoms with Crippen LogP contribution in [0.15, 0.2) is 12.7 Å². The van der Waals surface area contributed by atoms with Crippen molar-refractivity contribution in [2.75, 3.05) is 33.3 Å². The highest BCUT2D eigenvalue weighted by atomic mass is 16.5. The lowest BCUT2D eigenvalue weighted by atomic mass is 9.94. The van der Waals surface area contributed by atoms with E-state index in [1.807, 2.05) is 11.0 Å². The van der Waals surface area contributed by atoms with E-state index in [4.69, 9.17) is 4.74 Å². The van der Waals surface area contributed by atoms with Crippen LogP contribution < -0.4 is 0 Å². The van der Waals surface area contributed by atoms with E-state index in [1.54, 1.807) is 0 Å². The summed E-state index contributed by atoms with van der Waals surface area (Å²) in [5.74, 6) is 1.13. The third-order valence-electron chi connectivity index (χ3n) is 3.55. The summed E-state index contributed by atoms with van der Waals surface area (Å²) in [6.45, 7) is 14.0. The van der Waals surface area contributed by atoms with E-state index < -0.39 is 0 Å². The van der Waals surface area contributed by atoms with Crippen LogP contribution in [0.5, 0.6) is 0 Å². The Morgan fingerprint density at radius 3 is 2.74 bits per heavy atom. The monoisotopic (exact) mass is 268 g/mol. The van der Waals surface area contributed by atoms with Gasteiger partial charge in [0.1, 0.15) is 0 Å². The summed E-state index contributed by atoms with van der Waals surface area (Å²) >= 11 is 0. The highest BCUT2D eigenvalue weighted by molar-refractivity contribution is 5.67. The Morgan fingerprint density at radius 2 is 2.21 bits per heavy atom. The fourth-order valence-corrected chi connectivity index (χ4v) is 2.87. The molecule has 1 amide bonds. The molecule has 1 saturated heterocycles. The van der Waals surface area contributed by atoms with E-state index in [0.717, 1.165) is 32.6 Å². The van der Waals surface area contributed by atoms with Gasteiger partial charge in [0.15, 0.2) is 0 Å². The molecule has 0 bridgehead atoms. The van der Waals surface area contributed by atoms with Gasteiger partial charge in [-0.3, -0.25) is 4.90 Å². The van der Waals surface area contributed by atoms with Crippen LogP contribution in [0.2, 0.25) is 0 Å². The quantitative estimate of drug-likeness (QED) is 0.719.